The number of hydrogen-bond donors (Lipinski definition) is 1. The van der Waals surface area contributed by atoms with Crippen molar-refractivity contribution in [3.8, 4) is 5.69 Å². The van der Waals surface area contributed by atoms with Gasteiger partial charge >= 0.3 is 0 Å². The van der Waals surface area contributed by atoms with Crippen LogP contribution in [0.3, 0.4) is 0 Å². The molecule has 1 amide bonds. The van der Waals surface area contributed by atoms with Gasteiger partial charge in [0.2, 0.25) is 5.91 Å². The van der Waals surface area contributed by atoms with E-state index in [9.17, 15) is 9.18 Å². The number of aliphatic hydroxyl groups is 1. The Morgan fingerprint density at radius 1 is 1.07 bits per heavy atom. The number of benzene rings is 2. The van der Waals surface area contributed by atoms with Crippen molar-refractivity contribution in [3.05, 3.63) is 60.0 Å². The molecule has 0 saturated carbocycles. The standard InChI is InChI=1S/C21H22FN3O2/c1-15-5-6-19(22)18-7-8-25(21(15)18)17-4-2-3-16(13-17)23-9-11-24(12-10-23)20(27)14-26/h2-8,13,26H,9-12,14H2,1H3. The summed E-state index contributed by atoms with van der Waals surface area (Å²) in [6, 6.07) is 13.3. The van der Waals surface area contributed by atoms with Crippen molar-refractivity contribution >= 4 is 22.5 Å². The van der Waals surface area contributed by atoms with Crippen molar-refractivity contribution in [2.45, 2.75) is 6.92 Å². The zero-order valence-electron chi connectivity index (χ0n) is 15.2. The Hall–Kier alpha value is -2.86. The maximum atomic E-state index is 14.1. The molecule has 0 aliphatic carbocycles. The lowest BCUT2D eigenvalue weighted by Gasteiger charge is -2.36. The van der Waals surface area contributed by atoms with Crippen LogP contribution in [0.2, 0.25) is 0 Å². The van der Waals surface area contributed by atoms with Crippen LogP contribution in [0.25, 0.3) is 16.6 Å². The summed E-state index contributed by atoms with van der Waals surface area (Å²) >= 11 is 0. The van der Waals surface area contributed by atoms with Crippen molar-refractivity contribution in [1.29, 1.82) is 0 Å². The molecular formula is C21H22FN3O2. The quantitative estimate of drug-likeness (QED) is 0.774. The van der Waals surface area contributed by atoms with Gasteiger partial charge in [-0.15, -0.1) is 0 Å². The minimum absolute atomic E-state index is 0.213. The van der Waals surface area contributed by atoms with E-state index in [0.717, 1.165) is 35.5 Å². The Kier molecular flexibility index (Phi) is 4.58. The molecule has 0 radical (unpaired) electrons. The van der Waals surface area contributed by atoms with Crippen LogP contribution in [0.15, 0.2) is 48.7 Å². The van der Waals surface area contributed by atoms with Gasteiger partial charge in [-0.2, -0.15) is 0 Å². The number of nitrogens with zero attached hydrogens (tertiary/aromatic N) is 3. The van der Waals surface area contributed by atoms with Crippen molar-refractivity contribution in [2.24, 2.45) is 0 Å². The molecular weight excluding hydrogens is 345 g/mol. The highest BCUT2D eigenvalue weighted by atomic mass is 19.1. The minimum Gasteiger partial charge on any atom is -0.387 e. The monoisotopic (exact) mass is 367 g/mol. The summed E-state index contributed by atoms with van der Waals surface area (Å²) in [5.41, 5.74) is 3.95. The van der Waals surface area contributed by atoms with E-state index >= 15 is 0 Å². The molecule has 2 heterocycles. The first-order valence-corrected chi connectivity index (χ1v) is 9.08. The largest absolute Gasteiger partial charge is 0.387 e. The Bertz CT molecular complexity index is 990. The second-order valence-corrected chi connectivity index (χ2v) is 6.86. The van der Waals surface area contributed by atoms with E-state index in [4.69, 9.17) is 5.11 Å². The number of amides is 1. The van der Waals surface area contributed by atoms with Crippen LogP contribution in [0, 0.1) is 12.7 Å². The molecule has 0 bridgehead atoms. The van der Waals surface area contributed by atoms with Crippen LogP contribution in [-0.2, 0) is 4.79 Å². The molecule has 0 atom stereocenters. The van der Waals surface area contributed by atoms with Crippen molar-refractivity contribution in [1.82, 2.24) is 9.47 Å². The summed E-state index contributed by atoms with van der Waals surface area (Å²) in [6.07, 6.45) is 1.90. The first-order chi connectivity index (χ1) is 13.1. The number of hydrogen-bond acceptors (Lipinski definition) is 3. The highest BCUT2D eigenvalue weighted by Crippen LogP contribution is 2.28. The molecule has 140 valence electrons. The number of fused-ring (bicyclic) bond motifs is 1. The summed E-state index contributed by atoms with van der Waals surface area (Å²) in [4.78, 5) is 15.5. The molecule has 0 spiro atoms. The second kappa shape index (κ2) is 7.04. The van der Waals surface area contributed by atoms with Gasteiger partial charge in [0.05, 0.1) is 5.52 Å². The molecule has 1 aliphatic rings. The molecule has 1 saturated heterocycles. The number of aromatic nitrogens is 1. The molecule has 5 nitrogen and oxygen atoms in total. The van der Waals surface area contributed by atoms with E-state index in [2.05, 4.69) is 11.0 Å². The summed E-state index contributed by atoms with van der Waals surface area (Å²) in [5.74, 6) is -0.435. The maximum absolute atomic E-state index is 14.1. The van der Waals surface area contributed by atoms with Gasteiger partial charge in [0.25, 0.3) is 0 Å². The van der Waals surface area contributed by atoms with E-state index < -0.39 is 6.61 Å². The topological polar surface area (TPSA) is 48.7 Å². The molecule has 1 aromatic heterocycles. The summed E-state index contributed by atoms with van der Waals surface area (Å²) < 4.78 is 16.1. The third kappa shape index (κ3) is 3.17. The first-order valence-electron chi connectivity index (χ1n) is 9.08. The number of anilines is 1. The van der Waals surface area contributed by atoms with Crippen molar-refractivity contribution in [3.63, 3.8) is 0 Å². The SMILES string of the molecule is Cc1ccc(F)c2ccn(-c3cccc(N4CCN(C(=O)CO)CC4)c3)c12. The molecule has 1 aliphatic heterocycles. The molecule has 2 aromatic carbocycles. The summed E-state index contributed by atoms with van der Waals surface area (Å²) in [6.45, 7) is 4.18. The van der Waals surface area contributed by atoms with E-state index in [1.807, 2.05) is 42.0 Å². The normalized spacial score (nSPS) is 14.8. The molecule has 0 unspecified atom stereocenters. The third-order valence-electron chi connectivity index (χ3n) is 5.24. The van der Waals surface area contributed by atoms with Gasteiger partial charge in [0.1, 0.15) is 12.4 Å². The van der Waals surface area contributed by atoms with Crippen LogP contribution in [0.4, 0.5) is 10.1 Å². The Labute approximate surface area is 157 Å². The van der Waals surface area contributed by atoms with Crippen LogP contribution in [-0.4, -0.2) is 53.3 Å². The van der Waals surface area contributed by atoms with Crippen LogP contribution < -0.4 is 4.90 Å². The van der Waals surface area contributed by atoms with E-state index in [0.29, 0.717) is 18.5 Å². The lowest BCUT2D eigenvalue weighted by Crippen LogP contribution is -2.49. The fraction of sp³-hybridized carbons (Fsp3) is 0.286. The number of carbonyl (C=O) groups is 1. The highest BCUT2D eigenvalue weighted by molar-refractivity contribution is 5.85. The number of rotatable bonds is 3. The number of halogens is 1. The molecule has 3 aromatic rings. The third-order valence-corrected chi connectivity index (χ3v) is 5.24. The van der Waals surface area contributed by atoms with E-state index in [-0.39, 0.29) is 11.7 Å². The Morgan fingerprint density at radius 2 is 1.81 bits per heavy atom. The van der Waals surface area contributed by atoms with E-state index in [1.54, 1.807) is 11.0 Å². The highest BCUT2D eigenvalue weighted by Gasteiger charge is 2.21. The van der Waals surface area contributed by atoms with Gasteiger partial charge in [0.15, 0.2) is 0 Å². The van der Waals surface area contributed by atoms with Gasteiger partial charge < -0.3 is 19.5 Å². The van der Waals surface area contributed by atoms with Crippen molar-refractivity contribution in [2.75, 3.05) is 37.7 Å². The molecule has 6 heteroatoms. The predicted molar refractivity (Wildman–Crippen MR) is 104 cm³/mol. The number of carbonyl (C=O) groups excluding carboxylic acids is 1. The van der Waals surface area contributed by atoms with Gasteiger partial charge in [-0.1, -0.05) is 12.1 Å². The number of aliphatic hydroxyl groups excluding tert-OH is 1. The molecule has 1 N–H and O–H groups in total. The molecule has 27 heavy (non-hydrogen) atoms. The van der Waals surface area contributed by atoms with Crippen LogP contribution >= 0.6 is 0 Å². The van der Waals surface area contributed by atoms with Gasteiger partial charge in [0, 0.05) is 49.1 Å². The first kappa shape index (κ1) is 17.5. The fourth-order valence-electron chi connectivity index (χ4n) is 3.76. The van der Waals surface area contributed by atoms with Crippen molar-refractivity contribution < 1.29 is 14.3 Å². The second-order valence-electron chi connectivity index (χ2n) is 6.86. The number of piperazine rings is 1. The van der Waals surface area contributed by atoms with Crippen LogP contribution in [0.1, 0.15) is 5.56 Å². The smallest absolute Gasteiger partial charge is 0.248 e. The van der Waals surface area contributed by atoms with Gasteiger partial charge in [-0.25, -0.2) is 4.39 Å². The molecule has 1 fully saturated rings. The lowest BCUT2D eigenvalue weighted by atomic mass is 10.1. The van der Waals surface area contributed by atoms with Gasteiger partial charge in [-0.05, 0) is 42.8 Å². The average molecular weight is 367 g/mol. The predicted octanol–water partition coefficient (Wildman–Crippen LogP) is 2.72. The van der Waals surface area contributed by atoms with Crippen LogP contribution in [0.5, 0.6) is 0 Å². The van der Waals surface area contributed by atoms with Gasteiger partial charge in [-0.3, -0.25) is 4.79 Å². The summed E-state index contributed by atoms with van der Waals surface area (Å²) in [5, 5.41) is 9.63. The minimum atomic E-state index is -0.438. The molecule has 4 rings (SSSR count). The fourth-order valence-corrected chi connectivity index (χ4v) is 3.76. The Morgan fingerprint density at radius 3 is 2.56 bits per heavy atom. The summed E-state index contributed by atoms with van der Waals surface area (Å²) in [7, 11) is 0. The average Bonchev–Trinajstić information content (AvgIpc) is 3.17. The zero-order valence-corrected chi connectivity index (χ0v) is 15.2. The number of aryl methyl sites for hydroxylation is 1. The van der Waals surface area contributed by atoms with E-state index in [1.165, 1.54) is 6.07 Å². The zero-order chi connectivity index (χ0) is 19.0. The Balaban J connectivity index is 1.63. The lowest BCUT2D eigenvalue weighted by molar-refractivity contribution is -0.134. The maximum Gasteiger partial charge on any atom is 0.248 e.